The minimum absolute atomic E-state index is 0.0111. The summed E-state index contributed by atoms with van der Waals surface area (Å²) in [6, 6.07) is 1.82. The molecule has 1 aromatic rings. The topological polar surface area (TPSA) is 90.0 Å². The number of oxime groups is 1. The average molecular weight is 305 g/mol. The van der Waals surface area contributed by atoms with Crippen molar-refractivity contribution >= 4 is 5.84 Å². The largest absolute Gasteiger partial charge is 0.474 e. The highest BCUT2D eigenvalue weighted by molar-refractivity contribution is 5.99. The smallest absolute Gasteiger partial charge is 0.433 e. The third-order valence-corrected chi connectivity index (χ3v) is 2.98. The first kappa shape index (κ1) is 15.4. The van der Waals surface area contributed by atoms with Gasteiger partial charge >= 0.3 is 6.18 Å². The van der Waals surface area contributed by atoms with Gasteiger partial charge in [0.1, 0.15) is 11.8 Å². The Hall–Kier alpha value is -2.03. The van der Waals surface area contributed by atoms with Crippen molar-refractivity contribution in [3.05, 3.63) is 23.4 Å². The molecule has 1 aromatic heterocycles. The minimum atomic E-state index is -4.60. The monoisotopic (exact) mass is 305 g/mol. The molecule has 116 valence electrons. The van der Waals surface area contributed by atoms with Gasteiger partial charge in [-0.05, 0) is 12.1 Å². The molecule has 1 saturated heterocycles. The summed E-state index contributed by atoms with van der Waals surface area (Å²) in [6.07, 6.45) is -3.85. The van der Waals surface area contributed by atoms with E-state index in [0.29, 0.717) is 26.1 Å². The first-order valence-electron chi connectivity index (χ1n) is 6.22. The van der Waals surface area contributed by atoms with Gasteiger partial charge in [-0.3, -0.25) is 0 Å². The van der Waals surface area contributed by atoms with Crippen LogP contribution in [0.25, 0.3) is 0 Å². The van der Waals surface area contributed by atoms with E-state index in [1.54, 1.807) is 0 Å². The van der Waals surface area contributed by atoms with Crippen LogP contribution < -0.4 is 10.5 Å². The Morgan fingerprint density at radius 1 is 1.38 bits per heavy atom. The highest BCUT2D eigenvalue weighted by Gasteiger charge is 2.34. The number of hydrogen-bond acceptors (Lipinski definition) is 5. The lowest BCUT2D eigenvalue weighted by atomic mass is 10.1. The number of pyridine rings is 1. The first-order chi connectivity index (χ1) is 9.91. The quantitative estimate of drug-likeness (QED) is 0.384. The lowest BCUT2D eigenvalue weighted by Gasteiger charge is -2.24. The normalized spacial score (nSPS) is 17.8. The summed E-state index contributed by atoms with van der Waals surface area (Å²) in [4.78, 5) is 3.45. The van der Waals surface area contributed by atoms with Gasteiger partial charge in [-0.15, -0.1) is 0 Å². The minimum Gasteiger partial charge on any atom is -0.474 e. The van der Waals surface area contributed by atoms with Gasteiger partial charge in [0, 0.05) is 12.8 Å². The molecule has 0 radical (unpaired) electrons. The van der Waals surface area contributed by atoms with Crippen molar-refractivity contribution in [2.75, 3.05) is 13.2 Å². The summed E-state index contributed by atoms with van der Waals surface area (Å²) in [6.45, 7) is 0.922. The lowest BCUT2D eigenvalue weighted by Crippen LogP contribution is -2.28. The van der Waals surface area contributed by atoms with Crippen LogP contribution in [-0.2, 0) is 10.9 Å². The van der Waals surface area contributed by atoms with Crippen LogP contribution in [0.15, 0.2) is 17.3 Å². The summed E-state index contributed by atoms with van der Waals surface area (Å²) in [5, 5.41) is 11.5. The number of nitrogens with two attached hydrogens (primary N) is 1. The molecule has 2 rings (SSSR count). The maximum absolute atomic E-state index is 12.7. The molecule has 0 bridgehead atoms. The molecule has 0 spiro atoms. The Morgan fingerprint density at radius 3 is 2.62 bits per heavy atom. The first-order valence-corrected chi connectivity index (χ1v) is 6.22. The molecule has 0 saturated carbocycles. The van der Waals surface area contributed by atoms with E-state index >= 15 is 0 Å². The van der Waals surface area contributed by atoms with Gasteiger partial charge in [0.2, 0.25) is 5.88 Å². The Bertz CT molecular complexity index is 528. The zero-order chi connectivity index (χ0) is 15.5. The maximum atomic E-state index is 12.7. The zero-order valence-electron chi connectivity index (χ0n) is 10.9. The highest BCUT2D eigenvalue weighted by atomic mass is 19.4. The molecule has 1 fully saturated rings. The second kappa shape index (κ2) is 6.17. The molecule has 0 unspecified atom stereocenters. The summed E-state index contributed by atoms with van der Waals surface area (Å²) in [5.41, 5.74) is 4.35. The van der Waals surface area contributed by atoms with E-state index in [0.717, 1.165) is 12.1 Å². The Balaban J connectivity index is 2.33. The summed E-state index contributed by atoms with van der Waals surface area (Å²) < 4.78 is 48.8. The predicted octanol–water partition coefficient (Wildman–Crippen LogP) is 1.75. The van der Waals surface area contributed by atoms with Crippen molar-refractivity contribution in [3.63, 3.8) is 0 Å². The van der Waals surface area contributed by atoms with E-state index in [1.807, 2.05) is 0 Å². The molecule has 0 amide bonds. The number of rotatable bonds is 3. The van der Waals surface area contributed by atoms with E-state index in [-0.39, 0.29) is 23.4 Å². The molecule has 9 heteroatoms. The molecule has 0 aliphatic carbocycles. The van der Waals surface area contributed by atoms with Gasteiger partial charge in [-0.25, -0.2) is 4.98 Å². The number of ether oxygens (including phenoxy) is 2. The van der Waals surface area contributed by atoms with Gasteiger partial charge in [0.25, 0.3) is 0 Å². The van der Waals surface area contributed by atoms with E-state index in [1.165, 1.54) is 0 Å². The number of aromatic nitrogens is 1. The lowest BCUT2D eigenvalue weighted by molar-refractivity contribution is -0.141. The number of amidine groups is 1. The molecular formula is C12H14F3N3O3. The van der Waals surface area contributed by atoms with Crippen molar-refractivity contribution in [1.29, 1.82) is 0 Å². The summed E-state index contributed by atoms with van der Waals surface area (Å²) in [7, 11) is 0. The standard InChI is InChI=1S/C12H14F3N3O3/c13-12(14,15)9-2-1-8(10(16)18-19)11(17-9)21-7-3-5-20-6-4-7/h1-2,7,19H,3-6H2,(H2,16,18). The maximum Gasteiger partial charge on any atom is 0.433 e. The molecule has 3 N–H and O–H groups in total. The fraction of sp³-hybridized carbons (Fsp3) is 0.500. The van der Waals surface area contributed by atoms with Crippen LogP contribution in [0, 0.1) is 0 Å². The Labute approximate surface area is 118 Å². The van der Waals surface area contributed by atoms with Crippen LogP contribution in [0.4, 0.5) is 13.2 Å². The number of nitrogens with zero attached hydrogens (tertiary/aromatic N) is 2. The van der Waals surface area contributed by atoms with Crippen molar-refractivity contribution in [2.45, 2.75) is 25.1 Å². The number of halogens is 3. The van der Waals surface area contributed by atoms with Crippen LogP contribution in [0.5, 0.6) is 5.88 Å². The SMILES string of the molecule is NC(=NO)c1ccc(C(F)(F)F)nc1OC1CCOCC1. The molecule has 0 atom stereocenters. The van der Waals surface area contributed by atoms with E-state index < -0.39 is 11.9 Å². The molecule has 1 aliphatic heterocycles. The predicted molar refractivity (Wildman–Crippen MR) is 66.2 cm³/mol. The fourth-order valence-corrected chi connectivity index (χ4v) is 1.89. The molecule has 2 heterocycles. The van der Waals surface area contributed by atoms with Crippen molar-refractivity contribution in [3.8, 4) is 5.88 Å². The molecular weight excluding hydrogens is 291 g/mol. The van der Waals surface area contributed by atoms with Gasteiger partial charge < -0.3 is 20.4 Å². The van der Waals surface area contributed by atoms with Crippen molar-refractivity contribution in [2.24, 2.45) is 10.9 Å². The zero-order valence-corrected chi connectivity index (χ0v) is 10.9. The molecule has 21 heavy (non-hydrogen) atoms. The molecule has 0 aromatic carbocycles. The summed E-state index contributed by atoms with van der Waals surface area (Å²) >= 11 is 0. The number of hydrogen-bond donors (Lipinski definition) is 2. The Morgan fingerprint density at radius 2 is 2.05 bits per heavy atom. The van der Waals surface area contributed by atoms with Gasteiger partial charge in [0.15, 0.2) is 5.84 Å². The van der Waals surface area contributed by atoms with Gasteiger partial charge in [-0.2, -0.15) is 13.2 Å². The van der Waals surface area contributed by atoms with Gasteiger partial charge in [0.05, 0.1) is 18.8 Å². The Kier molecular flexibility index (Phi) is 4.51. The number of alkyl halides is 3. The van der Waals surface area contributed by atoms with Crippen LogP contribution in [0.2, 0.25) is 0 Å². The molecule has 1 aliphatic rings. The van der Waals surface area contributed by atoms with Gasteiger partial charge in [-0.1, -0.05) is 5.16 Å². The highest BCUT2D eigenvalue weighted by Crippen LogP contribution is 2.31. The van der Waals surface area contributed by atoms with E-state index in [2.05, 4.69) is 10.1 Å². The molecule has 6 nitrogen and oxygen atoms in total. The fourth-order valence-electron chi connectivity index (χ4n) is 1.89. The second-order valence-electron chi connectivity index (χ2n) is 4.46. The van der Waals surface area contributed by atoms with Crippen LogP contribution in [-0.4, -0.2) is 35.3 Å². The summed E-state index contributed by atoms with van der Waals surface area (Å²) in [5.74, 6) is -0.662. The van der Waals surface area contributed by atoms with E-state index in [9.17, 15) is 13.2 Å². The van der Waals surface area contributed by atoms with Crippen LogP contribution in [0.1, 0.15) is 24.1 Å². The van der Waals surface area contributed by atoms with Crippen molar-refractivity contribution < 1.29 is 27.9 Å². The average Bonchev–Trinajstić information content (AvgIpc) is 2.46. The third kappa shape index (κ3) is 3.75. The second-order valence-corrected chi connectivity index (χ2v) is 4.46. The van der Waals surface area contributed by atoms with Crippen LogP contribution >= 0.6 is 0 Å². The van der Waals surface area contributed by atoms with Crippen molar-refractivity contribution in [1.82, 2.24) is 4.98 Å². The van der Waals surface area contributed by atoms with Crippen LogP contribution in [0.3, 0.4) is 0 Å². The third-order valence-electron chi connectivity index (χ3n) is 2.98. The van der Waals surface area contributed by atoms with E-state index in [4.69, 9.17) is 20.4 Å².